The number of hydrogen-bond donors (Lipinski definition) is 0. The van der Waals surface area contributed by atoms with Crippen LogP contribution in [-0.4, -0.2) is 54.4 Å². The third-order valence-corrected chi connectivity index (χ3v) is 4.16. The van der Waals surface area contributed by atoms with Gasteiger partial charge in [0, 0.05) is 49.8 Å². The number of methoxy groups -OCH3 is 2. The molecule has 1 aliphatic heterocycles. The zero-order chi connectivity index (χ0) is 17.6. The molecule has 132 valence electrons. The van der Waals surface area contributed by atoms with E-state index in [0.29, 0.717) is 36.0 Å². The monoisotopic (exact) mass is 343 g/mol. The van der Waals surface area contributed by atoms with Crippen LogP contribution in [0.25, 0.3) is 0 Å². The van der Waals surface area contributed by atoms with Gasteiger partial charge in [-0.15, -0.1) is 5.10 Å². The van der Waals surface area contributed by atoms with Gasteiger partial charge in [0.25, 0.3) is 5.91 Å². The van der Waals surface area contributed by atoms with Crippen molar-refractivity contribution in [2.24, 2.45) is 0 Å². The molecule has 1 amide bonds. The number of amides is 1. The Labute approximate surface area is 146 Å². The SMILES string of the molecule is COc1cc(OC)cc(C(=O)N2CCC(Oc3cccnn3)CC2)c1. The molecule has 0 aliphatic carbocycles. The van der Waals surface area contributed by atoms with E-state index in [1.807, 2.05) is 4.90 Å². The highest BCUT2D eigenvalue weighted by atomic mass is 16.5. The predicted octanol–water partition coefficient (Wildman–Crippen LogP) is 2.18. The van der Waals surface area contributed by atoms with Crippen LogP contribution in [0, 0.1) is 0 Å². The maximum atomic E-state index is 12.8. The highest BCUT2D eigenvalue weighted by molar-refractivity contribution is 5.95. The number of hydrogen-bond acceptors (Lipinski definition) is 6. The largest absolute Gasteiger partial charge is 0.497 e. The van der Waals surface area contributed by atoms with Crippen molar-refractivity contribution in [3.05, 3.63) is 42.1 Å². The van der Waals surface area contributed by atoms with Crippen LogP contribution < -0.4 is 14.2 Å². The van der Waals surface area contributed by atoms with Crippen molar-refractivity contribution in [3.8, 4) is 17.4 Å². The van der Waals surface area contributed by atoms with Gasteiger partial charge in [-0.25, -0.2) is 0 Å². The Kier molecular flexibility index (Phi) is 5.33. The first-order valence-electron chi connectivity index (χ1n) is 8.16. The number of nitrogens with zero attached hydrogens (tertiary/aromatic N) is 3. The molecule has 1 aliphatic rings. The minimum absolute atomic E-state index is 0.0323. The maximum Gasteiger partial charge on any atom is 0.254 e. The van der Waals surface area contributed by atoms with E-state index in [0.717, 1.165) is 12.8 Å². The smallest absolute Gasteiger partial charge is 0.254 e. The lowest BCUT2D eigenvalue weighted by Gasteiger charge is -2.32. The van der Waals surface area contributed by atoms with E-state index in [9.17, 15) is 4.79 Å². The fraction of sp³-hybridized carbons (Fsp3) is 0.389. The summed E-state index contributed by atoms with van der Waals surface area (Å²) >= 11 is 0. The van der Waals surface area contributed by atoms with E-state index in [-0.39, 0.29) is 12.0 Å². The molecule has 0 bridgehead atoms. The number of likely N-dealkylation sites (tertiary alicyclic amines) is 1. The molecule has 2 aromatic rings. The third kappa shape index (κ3) is 4.17. The van der Waals surface area contributed by atoms with E-state index in [1.165, 1.54) is 0 Å². The van der Waals surface area contributed by atoms with Crippen molar-refractivity contribution in [3.63, 3.8) is 0 Å². The maximum absolute atomic E-state index is 12.8. The van der Waals surface area contributed by atoms with E-state index in [2.05, 4.69) is 10.2 Å². The van der Waals surface area contributed by atoms with Crippen molar-refractivity contribution in [1.82, 2.24) is 15.1 Å². The van der Waals surface area contributed by atoms with Crippen molar-refractivity contribution < 1.29 is 19.0 Å². The number of aromatic nitrogens is 2. The molecule has 2 heterocycles. The van der Waals surface area contributed by atoms with Crippen molar-refractivity contribution in [2.75, 3.05) is 27.3 Å². The Bertz CT molecular complexity index is 693. The number of piperidine rings is 1. The Morgan fingerprint density at radius 1 is 1.12 bits per heavy atom. The zero-order valence-corrected chi connectivity index (χ0v) is 14.3. The van der Waals surface area contributed by atoms with Crippen LogP contribution in [0.2, 0.25) is 0 Å². The van der Waals surface area contributed by atoms with Gasteiger partial charge in [0.15, 0.2) is 0 Å². The zero-order valence-electron chi connectivity index (χ0n) is 14.3. The summed E-state index contributed by atoms with van der Waals surface area (Å²) in [6, 6.07) is 8.78. The first-order valence-corrected chi connectivity index (χ1v) is 8.16. The number of carbonyl (C=O) groups is 1. The van der Waals surface area contributed by atoms with Gasteiger partial charge in [-0.2, -0.15) is 5.10 Å². The summed E-state index contributed by atoms with van der Waals surface area (Å²) < 4.78 is 16.3. The standard InChI is InChI=1S/C18H21N3O4/c1-23-15-10-13(11-16(12-15)24-2)18(22)21-8-5-14(6-9-21)25-17-4-3-7-19-20-17/h3-4,7,10-12,14H,5-6,8-9H2,1-2H3. The van der Waals surface area contributed by atoms with E-state index < -0.39 is 0 Å². The average molecular weight is 343 g/mol. The van der Waals surface area contributed by atoms with E-state index in [4.69, 9.17) is 14.2 Å². The van der Waals surface area contributed by atoms with Crippen LogP contribution in [0.5, 0.6) is 17.4 Å². The fourth-order valence-electron chi connectivity index (χ4n) is 2.81. The molecular weight excluding hydrogens is 322 g/mol. The molecule has 0 saturated carbocycles. The van der Waals surface area contributed by atoms with E-state index in [1.54, 1.807) is 50.7 Å². The van der Waals surface area contributed by atoms with Gasteiger partial charge >= 0.3 is 0 Å². The minimum Gasteiger partial charge on any atom is -0.497 e. The quantitative estimate of drug-likeness (QED) is 0.828. The van der Waals surface area contributed by atoms with Crippen molar-refractivity contribution >= 4 is 5.91 Å². The molecule has 0 atom stereocenters. The van der Waals surface area contributed by atoms with Crippen molar-refractivity contribution in [2.45, 2.75) is 18.9 Å². The predicted molar refractivity (Wildman–Crippen MR) is 91.1 cm³/mol. The van der Waals surface area contributed by atoms with Crippen LogP contribution in [0.1, 0.15) is 23.2 Å². The molecule has 1 fully saturated rings. The lowest BCUT2D eigenvalue weighted by atomic mass is 10.1. The first-order chi connectivity index (χ1) is 12.2. The minimum atomic E-state index is -0.0323. The molecule has 7 nitrogen and oxygen atoms in total. The van der Waals surface area contributed by atoms with Gasteiger partial charge in [-0.05, 0) is 18.2 Å². The van der Waals surface area contributed by atoms with Gasteiger partial charge in [0.2, 0.25) is 5.88 Å². The molecule has 0 unspecified atom stereocenters. The van der Waals surface area contributed by atoms with Crippen LogP contribution in [0.4, 0.5) is 0 Å². The normalized spacial score (nSPS) is 14.9. The summed E-state index contributed by atoms with van der Waals surface area (Å²) in [5.74, 6) is 1.69. The Morgan fingerprint density at radius 3 is 2.36 bits per heavy atom. The lowest BCUT2D eigenvalue weighted by molar-refractivity contribution is 0.0585. The number of benzene rings is 1. The van der Waals surface area contributed by atoms with Gasteiger partial charge in [0.05, 0.1) is 14.2 Å². The van der Waals surface area contributed by atoms with Gasteiger partial charge in [0.1, 0.15) is 17.6 Å². The summed E-state index contributed by atoms with van der Waals surface area (Å²) in [6.45, 7) is 1.26. The summed E-state index contributed by atoms with van der Waals surface area (Å²) in [7, 11) is 3.14. The van der Waals surface area contributed by atoms with Crippen LogP contribution >= 0.6 is 0 Å². The first kappa shape index (κ1) is 17.0. The number of carbonyl (C=O) groups excluding carboxylic acids is 1. The molecular formula is C18H21N3O4. The summed E-state index contributed by atoms with van der Waals surface area (Å²) in [5.41, 5.74) is 0.560. The highest BCUT2D eigenvalue weighted by Gasteiger charge is 2.25. The third-order valence-electron chi connectivity index (χ3n) is 4.16. The van der Waals surface area contributed by atoms with Crippen molar-refractivity contribution in [1.29, 1.82) is 0 Å². The molecule has 0 N–H and O–H groups in total. The molecule has 3 rings (SSSR count). The van der Waals surface area contributed by atoms with Gasteiger partial charge in [-0.3, -0.25) is 4.79 Å². The summed E-state index contributed by atoms with van der Waals surface area (Å²) in [5, 5.41) is 7.73. The Balaban J connectivity index is 1.62. The summed E-state index contributed by atoms with van der Waals surface area (Å²) in [6.07, 6.45) is 3.16. The average Bonchev–Trinajstić information content (AvgIpc) is 2.68. The van der Waals surface area contributed by atoms with Gasteiger partial charge < -0.3 is 19.1 Å². The van der Waals surface area contributed by atoms with E-state index >= 15 is 0 Å². The molecule has 0 radical (unpaired) electrons. The second-order valence-corrected chi connectivity index (χ2v) is 5.77. The van der Waals surface area contributed by atoms with Crippen LogP contribution in [-0.2, 0) is 0 Å². The Morgan fingerprint density at radius 2 is 1.80 bits per heavy atom. The summed E-state index contributed by atoms with van der Waals surface area (Å²) in [4.78, 5) is 14.6. The second kappa shape index (κ2) is 7.83. The number of rotatable bonds is 5. The molecule has 1 aromatic heterocycles. The fourth-order valence-corrected chi connectivity index (χ4v) is 2.81. The second-order valence-electron chi connectivity index (χ2n) is 5.77. The molecule has 1 saturated heterocycles. The van der Waals surface area contributed by atoms with Crippen LogP contribution in [0.15, 0.2) is 36.5 Å². The molecule has 0 spiro atoms. The number of ether oxygens (including phenoxy) is 3. The molecule has 25 heavy (non-hydrogen) atoms. The molecule has 7 heteroatoms. The topological polar surface area (TPSA) is 73.8 Å². The lowest BCUT2D eigenvalue weighted by Crippen LogP contribution is -2.41. The Hall–Kier alpha value is -2.83. The van der Waals surface area contributed by atoms with Crippen LogP contribution in [0.3, 0.4) is 0 Å². The highest BCUT2D eigenvalue weighted by Crippen LogP contribution is 2.25. The molecule has 1 aromatic carbocycles. The van der Waals surface area contributed by atoms with Gasteiger partial charge in [-0.1, -0.05) is 0 Å².